The van der Waals surface area contributed by atoms with Gasteiger partial charge in [0.15, 0.2) is 0 Å². The van der Waals surface area contributed by atoms with Crippen molar-refractivity contribution < 1.29 is 19.4 Å². The van der Waals surface area contributed by atoms with Crippen molar-refractivity contribution in [3.63, 3.8) is 0 Å². The van der Waals surface area contributed by atoms with Crippen molar-refractivity contribution >= 4 is 17.9 Å². The van der Waals surface area contributed by atoms with Crippen LogP contribution in [0.2, 0.25) is 0 Å². The molecule has 25 heavy (non-hydrogen) atoms. The highest BCUT2D eigenvalue weighted by molar-refractivity contribution is 5.92. The number of anilines is 1. The molecule has 0 radical (unpaired) electrons. The zero-order chi connectivity index (χ0) is 18.1. The van der Waals surface area contributed by atoms with Crippen molar-refractivity contribution in [3.8, 4) is 0 Å². The summed E-state index contributed by atoms with van der Waals surface area (Å²) in [4.78, 5) is 27.7. The van der Waals surface area contributed by atoms with Crippen LogP contribution in [0.5, 0.6) is 0 Å². The number of ether oxygens (including phenoxy) is 1. The van der Waals surface area contributed by atoms with Crippen LogP contribution in [0.3, 0.4) is 0 Å². The second-order valence-corrected chi connectivity index (χ2v) is 5.96. The molecular formula is C17H17N4O4-. The maximum Gasteiger partial charge on any atom is 0.338 e. The number of aromatic carboxylic acids is 1. The molecule has 0 bridgehead atoms. The van der Waals surface area contributed by atoms with Crippen LogP contribution in [-0.2, 0) is 9.53 Å². The van der Waals surface area contributed by atoms with E-state index in [1.807, 2.05) is 0 Å². The van der Waals surface area contributed by atoms with Crippen LogP contribution in [0.1, 0.15) is 42.7 Å². The van der Waals surface area contributed by atoms with Crippen LogP contribution in [0, 0.1) is 0 Å². The number of hydrogen-bond donors (Lipinski definition) is 1. The molecule has 0 unspecified atom stereocenters. The number of nitrogens with zero attached hydrogens (tertiary/aromatic N) is 3. The third-order valence-electron chi connectivity index (χ3n) is 3.82. The summed E-state index contributed by atoms with van der Waals surface area (Å²) in [7, 11) is 0. The largest absolute Gasteiger partial charge is 0.545 e. The first kappa shape index (κ1) is 16.7. The van der Waals surface area contributed by atoms with Crippen LogP contribution in [0.25, 0.3) is 0 Å². The van der Waals surface area contributed by atoms with E-state index < -0.39 is 18.0 Å². The van der Waals surface area contributed by atoms with Gasteiger partial charge in [-0.2, -0.15) is 10.1 Å². The van der Waals surface area contributed by atoms with E-state index in [1.54, 1.807) is 37.6 Å². The van der Waals surface area contributed by atoms with Gasteiger partial charge < -0.3 is 20.0 Å². The summed E-state index contributed by atoms with van der Waals surface area (Å²) in [6.07, 6.45) is 1.11. The minimum atomic E-state index is -1.26. The molecule has 1 aliphatic heterocycles. The lowest BCUT2D eigenvalue weighted by atomic mass is 9.95. The molecule has 130 valence electrons. The van der Waals surface area contributed by atoms with Crippen LogP contribution >= 0.6 is 0 Å². The molecule has 1 aliphatic rings. The fraction of sp³-hybridized carbons (Fsp3) is 0.294. The molecule has 8 heteroatoms. The monoisotopic (exact) mass is 341 g/mol. The first-order chi connectivity index (χ1) is 11.9. The van der Waals surface area contributed by atoms with E-state index in [0.717, 1.165) is 0 Å². The van der Waals surface area contributed by atoms with Crippen molar-refractivity contribution in [2.45, 2.75) is 32.9 Å². The smallest absolute Gasteiger partial charge is 0.338 e. The van der Waals surface area contributed by atoms with Gasteiger partial charge in [0.2, 0.25) is 5.95 Å². The number of fused-ring (bicyclic) bond motifs is 1. The topological polar surface area (TPSA) is 109 Å². The Labute approximate surface area is 144 Å². The standard InChI is InChI=1S/C17H18N4O4/c1-9(2)25-16(24)13-10(3)20-17-18-8-19-21(17)14(13)11-4-6-12(7-5-11)15(22)23/h4-9,14H,1-3H3,(H,22,23)(H,18,19,20)/p-1/t14-/m0/s1. The zero-order valence-electron chi connectivity index (χ0n) is 14.0. The number of allylic oxidation sites excluding steroid dienone is 1. The third kappa shape index (κ3) is 3.10. The minimum Gasteiger partial charge on any atom is -0.545 e. The van der Waals surface area contributed by atoms with Crippen LogP contribution in [-0.4, -0.2) is 32.8 Å². The fourth-order valence-corrected chi connectivity index (χ4v) is 2.74. The van der Waals surface area contributed by atoms with Crippen molar-refractivity contribution in [3.05, 3.63) is 53.0 Å². The third-order valence-corrected chi connectivity index (χ3v) is 3.82. The van der Waals surface area contributed by atoms with E-state index in [4.69, 9.17) is 4.74 Å². The molecule has 8 nitrogen and oxygen atoms in total. The number of benzene rings is 1. The van der Waals surface area contributed by atoms with E-state index in [2.05, 4.69) is 15.4 Å². The summed E-state index contributed by atoms with van der Waals surface area (Å²) in [5, 5.41) is 18.2. The Morgan fingerprint density at radius 2 is 1.96 bits per heavy atom. The molecule has 0 spiro atoms. The Kier molecular flexibility index (Phi) is 4.26. The van der Waals surface area contributed by atoms with E-state index >= 15 is 0 Å². The van der Waals surface area contributed by atoms with Gasteiger partial charge in [-0.05, 0) is 31.9 Å². The average Bonchev–Trinajstić information content (AvgIpc) is 3.00. The lowest BCUT2D eigenvalue weighted by Crippen LogP contribution is -2.30. The number of esters is 1. The van der Waals surface area contributed by atoms with E-state index in [0.29, 0.717) is 22.8 Å². The molecule has 0 fully saturated rings. The number of carbonyl (C=O) groups is 2. The highest BCUT2D eigenvalue weighted by atomic mass is 16.5. The SMILES string of the molecule is CC1=C(C(=O)OC(C)C)[C@H](c2ccc(C(=O)[O-])cc2)n2ncnc2N1. The van der Waals surface area contributed by atoms with Crippen molar-refractivity contribution in [2.75, 3.05) is 5.32 Å². The number of hydrogen-bond acceptors (Lipinski definition) is 7. The summed E-state index contributed by atoms with van der Waals surface area (Å²) in [6.45, 7) is 5.31. The van der Waals surface area contributed by atoms with Gasteiger partial charge in [0.1, 0.15) is 12.4 Å². The van der Waals surface area contributed by atoms with E-state index in [9.17, 15) is 14.7 Å². The second kappa shape index (κ2) is 6.39. The average molecular weight is 341 g/mol. The number of carboxylic acids is 1. The lowest BCUT2D eigenvalue weighted by Gasteiger charge is -2.28. The maximum atomic E-state index is 12.6. The maximum absolute atomic E-state index is 12.6. The van der Waals surface area contributed by atoms with Gasteiger partial charge in [0.05, 0.1) is 17.6 Å². The van der Waals surface area contributed by atoms with Crippen molar-refractivity contribution in [1.82, 2.24) is 14.8 Å². The Morgan fingerprint density at radius 3 is 2.56 bits per heavy atom. The highest BCUT2D eigenvalue weighted by Crippen LogP contribution is 2.35. The van der Waals surface area contributed by atoms with Crippen LogP contribution < -0.4 is 10.4 Å². The van der Waals surface area contributed by atoms with Gasteiger partial charge in [-0.15, -0.1) is 0 Å². The normalized spacial score (nSPS) is 16.4. The van der Waals surface area contributed by atoms with Crippen molar-refractivity contribution in [2.24, 2.45) is 0 Å². The molecule has 0 amide bonds. The summed E-state index contributed by atoms with van der Waals surface area (Å²) >= 11 is 0. The Morgan fingerprint density at radius 1 is 1.28 bits per heavy atom. The Bertz CT molecular complexity index is 852. The molecule has 0 saturated heterocycles. The molecular weight excluding hydrogens is 324 g/mol. The Balaban J connectivity index is 2.08. The second-order valence-electron chi connectivity index (χ2n) is 5.96. The van der Waals surface area contributed by atoms with E-state index in [1.165, 1.54) is 18.5 Å². The Hall–Kier alpha value is -3.16. The predicted octanol–water partition coefficient (Wildman–Crippen LogP) is 0.882. The fourth-order valence-electron chi connectivity index (χ4n) is 2.74. The summed E-state index contributed by atoms with van der Waals surface area (Å²) in [5.41, 5.74) is 1.75. The van der Waals surface area contributed by atoms with Crippen molar-refractivity contribution in [1.29, 1.82) is 0 Å². The molecule has 3 rings (SSSR count). The molecule has 2 aromatic rings. The first-order valence-corrected chi connectivity index (χ1v) is 7.78. The summed E-state index contributed by atoms with van der Waals surface area (Å²) in [6, 6.07) is 5.56. The first-order valence-electron chi connectivity index (χ1n) is 7.78. The lowest BCUT2D eigenvalue weighted by molar-refractivity contribution is -0.255. The molecule has 1 aromatic heterocycles. The number of carboxylic acid groups (broad SMARTS) is 1. The summed E-state index contributed by atoms with van der Waals surface area (Å²) < 4.78 is 6.93. The van der Waals surface area contributed by atoms with Gasteiger partial charge in [-0.1, -0.05) is 24.3 Å². The molecule has 1 N–H and O–H groups in total. The van der Waals surface area contributed by atoms with Gasteiger partial charge in [-0.3, -0.25) is 0 Å². The highest BCUT2D eigenvalue weighted by Gasteiger charge is 2.34. The molecule has 0 aliphatic carbocycles. The molecule has 0 saturated carbocycles. The zero-order valence-corrected chi connectivity index (χ0v) is 14.0. The number of carbonyl (C=O) groups excluding carboxylic acids is 2. The van der Waals surface area contributed by atoms with E-state index in [-0.39, 0.29) is 11.7 Å². The van der Waals surface area contributed by atoms with Gasteiger partial charge >= 0.3 is 5.97 Å². The van der Waals surface area contributed by atoms with Gasteiger partial charge in [0.25, 0.3) is 0 Å². The predicted molar refractivity (Wildman–Crippen MR) is 86.5 cm³/mol. The number of nitrogens with one attached hydrogen (secondary N) is 1. The van der Waals surface area contributed by atoms with Crippen LogP contribution in [0.15, 0.2) is 41.9 Å². The molecule has 2 heterocycles. The quantitative estimate of drug-likeness (QED) is 0.822. The minimum absolute atomic E-state index is 0.0588. The van der Waals surface area contributed by atoms with Crippen LogP contribution in [0.4, 0.5) is 5.95 Å². The summed E-state index contributed by atoms with van der Waals surface area (Å²) in [5.74, 6) is -1.23. The molecule has 1 aromatic carbocycles. The van der Waals surface area contributed by atoms with Gasteiger partial charge in [0, 0.05) is 5.70 Å². The molecule has 1 atom stereocenters. The number of rotatable bonds is 4. The van der Waals surface area contributed by atoms with Gasteiger partial charge in [-0.25, -0.2) is 9.48 Å². The number of aromatic nitrogens is 3.